The van der Waals surface area contributed by atoms with Crippen LogP contribution in [-0.2, 0) is 13.0 Å². The molecule has 3 rings (SSSR count). The Bertz CT molecular complexity index is 590. The summed E-state index contributed by atoms with van der Waals surface area (Å²) in [4.78, 5) is 1.20. The fourth-order valence-corrected chi connectivity index (χ4v) is 2.98. The maximum absolute atomic E-state index is 9.06. The van der Waals surface area contributed by atoms with Crippen molar-refractivity contribution in [2.75, 3.05) is 0 Å². The fourth-order valence-electron chi connectivity index (χ4n) is 2.37. The molecule has 0 saturated heterocycles. The largest absolute Gasteiger partial charge is 0.488 e. The Kier molecular flexibility index (Phi) is 3.51. The van der Waals surface area contributed by atoms with Crippen LogP contribution in [0.25, 0.3) is 0 Å². The van der Waals surface area contributed by atoms with Crippen molar-refractivity contribution in [2.45, 2.75) is 25.9 Å². The third-order valence-electron chi connectivity index (χ3n) is 3.33. The molecule has 3 nitrogen and oxygen atoms in total. The van der Waals surface area contributed by atoms with Gasteiger partial charge in [0, 0.05) is 10.4 Å². The van der Waals surface area contributed by atoms with Crippen LogP contribution < -0.4 is 4.74 Å². The van der Waals surface area contributed by atoms with E-state index in [9.17, 15) is 0 Å². The Hall–Kier alpha value is -1.81. The fraction of sp³-hybridized carbons (Fsp3) is 0.267. The zero-order valence-corrected chi connectivity index (χ0v) is 11.3. The highest BCUT2D eigenvalue weighted by atomic mass is 32.1. The van der Waals surface area contributed by atoms with E-state index >= 15 is 0 Å². The summed E-state index contributed by atoms with van der Waals surface area (Å²) in [6, 6.07) is 10.1. The van der Waals surface area contributed by atoms with Gasteiger partial charge in [-0.05, 0) is 48.4 Å². The minimum Gasteiger partial charge on any atom is -0.488 e. The summed E-state index contributed by atoms with van der Waals surface area (Å²) in [6.07, 6.45) is 2.92. The van der Waals surface area contributed by atoms with Crippen LogP contribution in [0.3, 0.4) is 0 Å². The lowest BCUT2D eigenvalue weighted by atomic mass is 9.90. The molecule has 0 bridgehead atoms. The maximum Gasteiger partial charge on any atom is 0.122 e. The molecule has 4 heteroatoms. The molecular formula is C15H15NO2S. The van der Waals surface area contributed by atoms with Crippen molar-refractivity contribution >= 4 is 17.0 Å². The van der Waals surface area contributed by atoms with Gasteiger partial charge < -0.3 is 9.94 Å². The highest BCUT2D eigenvalue weighted by Gasteiger charge is 2.16. The van der Waals surface area contributed by atoms with Crippen LogP contribution in [0, 0.1) is 0 Å². The van der Waals surface area contributed by atoms with Crippen LogP contribution in [0.1, 0.15) is 28.8 Å². The molecule has 0 unspecified atom stereocenters. The van der Waals surface area contributed by atoms with E-state index in [0.717, 1.165) is 36.3 Å². The van der Waals surface area contributed by atoms with Crippen molar-refractivity contribution in [3.8, 4) is 5.75 Å². The number of benzene rings is 1. The predicted octanol–water partition coefficient (Wildman–Crippen LogP) is 3.84. The molecule has 0 fully saturated rings. The summed E-state index contributed by atoms with van der Waals surface area (Å²) in [7, 11) is 0. The van der Waals surface area contributed by atoms with Crippen molar-refractivity contribution in [1.29, 1.82) is 0 Å². The van der Waals surface area contributed by atoms with Crippen molar-refractivity contribution in [3.63, 3.8) is 0 Å². The maximum atomic E-state index is 9.06. The lowest BCUT2D eigenvalue weighted by Gasteiger charge is -2.17. The Morgan fingerprint density at radius 2 is 2.21 bits per heavy atom. The predicted molar refractivity (Wildman–Crippen MR) is 76.4 cm³/mol. The Labute approximate surface area is 116 Å². The lowest BCUT2D eigenvalue weighted by molar-refractivity contribution is 0.309. The second-order valence-corrected chi connectivity index (χ2v) is 5.62. The number of nitrogens with zero attached hydrogens (tertiary/aromatic N) is 1. The first-order valence-corrected chi connectivity index (χ1v) is 7.24. The summed E-state index contributed by atoms with van der Waals surface area (Å²) in [5.74, 6) is 0.829. The van der Waals surface area contributed by atoms with E-state index in [0.29, 0.717) is 6.61 Å². The third-order valence-corrected chi connectivity index (χ3v) is 4.18. The lowest BCUT2D eigenvalue weighted by Crippen LogP contribution is -2.12. The van der Waals surface area contributed by atoms with Crippen molar-refractivity contribution < 1.29 is 9.94 Å². The van der Waals surface area contributed by atoms with Crippen LogP contribution in [0.4, 0.5) is 0 Å². The molecule has 0 radical (unpaired) electrons. The number of ether oxygens (including phenoxy) is 1. The molecule has 1 aromatic carbocycles. The first kappa shape index (κ1) is 12.2. The van der Waals surface area contributed by atoms with Crippen LogP contribution in [0.5, 0.6) is 5.75 Å². The number of hydrogen-bond donors (Lipinski definition) is 1. The van der Waals surface area contributed by atoms with Gasteiger partial charge in [0.2, 0.25) is 0 Å². The van der Waals surface area contributed by atoms with Gasteiger partial charge in [-0.2, -0.15) is 0 Å². The van der Waals surface area contributed by atoms with Gasteiger partial charge in [0.15, 0.2) is 0 Å². The second-order valence-electron chi connectivity index (χ2n) is 4.59. The van der Waals surface area contributed by atoms with E-state index in [1.807, 2.05) is 23.6 Å². The van der Waals surface area contributed by atoms with Gasteiger partial charge >= 0.3 is 0 Å². The van der Waals surface area contributed by atoms with E-state index < -0.39 is 0 Å². The van der Waals surface area contributed by atoms with Gasteiger partial charge in [0.25, 0.3) is 0 Å². The number of thiophene rings is 1. The van der Waals surface area contributed by atoms with Crippen LogP contribution >= 0.6 is 11.3 Å². The molecule has 0 spiro atoms. The quantitative estimate of drug-likeness (QED) is 0.682. The molecule has 98 valence electrons. The van der Waals surface area contributed by atoms with Crippen LogP contribution in [0.15, 0.2) is 40.9 Å². The number of oxime groups is 1. The molecule has 0 amide bonds. The monoisotopic (exact) mass is 273 g/mol. The van der Waals surface area contributed by atoms with E-state index in [1.165, 1.54) is 10.4 Å². The Morgan fingerprint density at radius 1 is 1.26 bits per heavy atom. The van der Waals surface area contributed by atoms with Crippen molar-refractivity contribution in [1.82, 2.24) is 0 Å². The molecule has 1 aliphatic rings. The summed E-state index contributed by atoms with van der Waals surface area (Å²) in [5.41, 5.74) is 3.03. The van der Waals surface area contributed by atoms with Gasteiger partial charge in [-0.1, -0.05) is 17.3 Å². The molecule has 0 saturated carbocycles. The minimum atomic E-state index is 0.585. The molecule has 1 aromatic heterocycles. The molecule has 1 N–H and O–H groups in total. The number of aryl methyl sites for hydroxylation is 1. The normalized spacial score (nSPS) is 16.3. The van der Waals surface area contributed by atoms with Gasteiger partial charge in [-0.15, -0.1) is 11.3 Å². The topological polar surface area (TPSA) is 41.8 Å². The highest BCUT2D eigenvalue weighted by molar-refractivity contribution is 7.09. The van der Waals surface area contributed by atoms with Crippen molar-refractivity contribution in [2.24, 2.45) is 5.16 Å². The van der Waals surface area contributed by atoms with Crippen LogP contribution in [-0.4, -0.2) is 10.9 Å². The van der Waals surface area contributed by atoms with Crippen molar-refractivity contribution in [3.05, 3.63) is 51.7 Å². The van der Waals surface area contributed by atoms with E-state index in [4.69, 9.17) is 9.94 Å². The van der Waals surface area contributed by atoms with Gasteiger partial charge in [-0.25, -0.2) is 0 Å². The highest BCUT2D eigenvalue weighted by Crippen LogP contribution is 2.26. The molecular weight excluding hydrogens is 258 g/mol. The summed E-state index contributed by atoms with van der Waals surface area (Å²) in [5, 5.41) is 14.5. The van der Waals surface area contributed by atoms with Crippen LogP contribution in [0.2, 0.25) is 0 Å². The van der Waals surface area contributed by atoms with Gasteiger partial charge in [0.05, 0.1) is 5.71 Å². The first-order valence-electron chi connectivity index (χ1n) is 6.36. The average molecular weight is 273 g/mol. The third kappa shape index (κ3) is 2.63. The number of hydrogen-bond acceptors (Lipinski definition) is 4. The molecule has 19 heavy (non-hydrogen) atoms. The zero-order valence-electron chi connectivity index (χ0n) is 10.5. The first-order chi connectivity index (χ1) is 9.36. The Morgan fingerprint density at radius 3 is 3.00 bits per heavy atom. The summed E-state index contributed by atoms with van der Waals surface area (Å²) in [6.45, 7) is 0.585. The molecule has 1 aliphatic carbocycles. The molecule has 1 heterocycles. The van der Waals surface area contributed by atoms with E-state index in [2.05, 4.69) is 17.3 Å². The number of rotatable bonds is 3. The standard InChI is InChI=1S/C15H15NO2S/c17-16-15-5-1-3-11-6-7-12(9-14(11)15)18-10-13-4-2-8-19-13/h2,4,6-9,17H,1,3,5,10H2/b16-15-. The molecule has 2 aromatic rings. The summed E-state index contributed by atoms with van der Waals surface area (Å²) < 4.78 is 5.78. The zero-order chi connectivity index (χ0) is 13.1. The minimum absolute atomic E-state index is 0.585. The van der Waals surface area contributed by atoms with Gasteiger partial charge in [-0.3, -0.25) is 0 Å². The SMILES string of the molecule is O/N=C1/CCCc2ccc(OCc3cccs3)cc21. The van der Waals surface area contributed by atoms with E-state index in [-0.39, 0.29) is 0 Å². The Balaban J connectivity index is 1.80. The molecule has 0 atom stereocenters. The number of fused-ring (bicyclic) bond motifs is 1. The van der Waals surface area contributed by atoms with Gasteiger partial charge in [0.1, 0.15) is 12.4 Å². The summed E-state index contributed by atoms with van der Waals surface area (Å²) >= 11 is 1.69. The molecule has 0 aliphatic heterocycles. The smallest absolute Gasteiger partial charge is 0.122 e. The van der Waals surface area contributed by atoms with E-state index in [1.54, 1.807) is 11.3 Å². The second kappa shape index (κ2) is 5.45. The average Bonchev–Trinajstić information content (AvgIpc) is 2.97.